The number of benzene rings is 1. The molecule has 0 fully saturated rings. The first-order valence-electron chi connectivity index (χ1n) is 4.29. The van der Waals surface area contributed by atoms with Crippen molar-refractivity contribution >= 4 is 12.4 Å². The maximum atomic E-state index is 11.0. The van der Waals surface area contributed by atoms with Gasteiger partial charge in [0.2, 0.25) is 0 Å². The summed E-state index contributed by atoms with van der Waals surface area (Å²) in [4.78, 5) is 21.0. The molecule has 1 N–H and O–H groups in total. The molecule has 0 radical (unpaired) electrons. The molecular weight excluding hydrogens is 198 g/mol. The van der Waals surface area contributed by atoms with Crippen LogP contribution < -0.4 is 14.8 Å². The number of rotatable bonds is 4. The van der Waals surface area contributed by atoms with E-state index in [2.05, 4.69) is 5.32 Å². The van der Waals surface area contributed by atoms with Crippen molar-refractivity contribution in [3.05, 3.63) is 24.3 Å². The minimum absolute atomic E-state index is 0.0605. The minimum atomic E-state index is -0.660. The number of methoxy groups -OCH3 is 1. The highest BCUT2D eigenvalue weighted by Gasteiger charge is 2.02. The molecule has 1 aromatic carbocycles. The van der Waals surface area contributed by atoms with Crippen LogP contribution in [0.25, 0.3) is 0 Å². The summed E-state index contributed by atoms with van der Waals surface area (Å²) in [6.07, 6.45) is -0.0813. The summed E-state index contributed by atoms with van der Waals surface area (Å²) < 4.78 is 9.79. The lowest BCUT2D eigenvalue weighted by Crippen LogP contribution is -2.28. The molecule has 15 heavy (non-hydrogen) atoms. The first kappa shape index (κ1) is 11.0. The molecule has 0 aromatic heterocycles. The fraction of sp³-hybridized carbons (Fsp3) is 0.200. The minimum Gasteiger partial charge on any atom is -0.497 e. The Hall–Kier alpha value is -2.04. The van der Waals surface area contributed by atoms with Gasteiger partial charge in [-0.05, 0) is 24.3 Å². The first-order chi connectivity index (χ1) is 7.26. The molecule has 0 aliphatic carbocycles. The molecule has 5 nitrogen and oxygen atoms in total. The molecule has 0 aliphatic rings. The van der Waals surface area contributed by atoms with Crippen LogP contribution in [0.3, 0.4) is 0 Å². The van der Waals surface area contributed by atoms with Gasteiger partial charge in [-0.15, -0.1) is 0 Å². The summed E-state index contributed by atoms with van der Waals surface area (Å²) in [6, 6.07) is 6.53. The van der Waals surface area contributed by atoms with E-state index in [9.17, 15) is 9.59 Å². The van der Waals surface area contributed by atoms with Gasteiger partial charge in [0.25, 0.3) is 0 Å². The normalized spacial score (nSPS) is 9.13. The van der Waals surface area contributed by atoms with Crippen LogP contribution in [0.4, 0.5) is 4.79 Å². The number of aldehydes is 1. The van der Waals surface area contributed by atoms with E-state index < -0.39 is 6.09 Å². The average Bonchev–Trinajstić information content (AvgIpc) is 2.27. The van der Waals surface area contributed by atoms with Gasteiger partial charge in [0.05, 0.1) is 13.7 Å². The third-order valence-electron chi connectivity index (χ3n) is 1.60. The van der Waals surface area contributed by atoms with Crippen molar-refractivity contribution < 1.29 is 19.1 Å². The number of hydrogen-bond acceptors (Lipinski definition) is 4. The van der Waals surface area contributed by atoms with E-state index in [0.29, 0.717) is 17.8 Å². The maximum Gasteiger partial charge on any atom is 0.412 e. The Bertz CT molecular complexity index is 334. The quantitative estimate of drug-likeness (QED) is 0.751. The van der Waals surface area contributed by atoms with Crippen molar-refractivity contribution in [2.24, 2.45) is 0 Å². The molecule has 1 rings (SSSR count). The van der Waals surface area contributed by atoms with Crippen LogP contribution in [0, 0.1) is 0 Å². The zero-order valence-corrected chi connectivity index (χ0v) is 8.23. The molecule has 1 aromatic rings. The Morgan fingerprint density at radius 2 is 1.93 bits per heavy atom. The van der Waals surface area contributed by atoms with Gasteiger partial charge < -0.3 is 19.6 Å². The van der Waals surface area contributed by atoms with Gasteiger partial charge in [-0.1, -0.05) is 0 Å². The molecule has 0 unspecified atom stereocenters. The fourth-order valence-electron chi connectivity index (χ4n) is 0.912. The number of amides is 1. The van der Waals surface area contributed by atoms with E-state index in [1.807, 2.05) is 0 Å². The Labute approximate surface area is 87.0 Å². The molecule has 0 atom stereocenters. The fourth-order valence-corrected chi connectivity index (χ4v) is 0.912. The molecule has 0 aliphatic heterocycles. The Morgan fingerprint density at radius 3 is 2.47 bits per heavy atom. The molecule has 0 heterocycles. The zero-order valence-electron chi connectivity index (χ0n) is 8.23. The van der Waals surface area contributed by atoms with Gasteiger partial charge in [-0.2, -0.15) is 0 Å². The van der Waals surface area contributed by atoms with Crippen LogP contribution in [-0.4, -0.2) is 26.0 Å². The molecule has 0 saturated carbocycles. The van der Waals surface area contributed by atoms with Crippen molar-refractivity contribution in [1.29, 1.82) is 0 Å². The predicted molar refractivity (Wildman–Crippen MR) is 53.1 cm³/mol. The summed E-state index contributed by atoms with van der Waals surface area (Å²) in [5.74, 6) is 1.06. The lowest BCUT2D eigenvalue weighted by Gasteiger charge is -2.04. The maximum absolute atomic E-state index is 11.0. The van der Waals surface area contributed by atoms with Crippen LogP contribution in [0.5, 0.6) is 11.5 Å². The molecule has 0 saturated heterocycles. The largest absolute Gasteiger partial charge is 0.497 e. The van der Waals surface area contributed by atoms with E-state index in [1.165, 1.54) is 0 Å². The van der Waals surface area contributed by atoms with E-state index in [0.717, 1.165) is 0 Å². The van der Waals surface area contributed by atoms with E-state index in [4.69, 9.17) is 9.47 Å². The van der Waals surface area contributed by atoms with E-state index in [1.54, 1.807) is 31.4 Å². The lowest BCUT2D eigenvalue weighted by atomic mass is 10.3. The van der Waals surface area contributed by atoms with Crippen molar-refractivity contribution in [2.75, 3.05) is 13.7 Å². The first-order valence-corrected chi connectivity index (χ1v) is 4.29. The summed E-state index contributed by atoms with van der Waals surface area (Å²) >= 11 is 0. The van der Waals surface area contributed by atoms with Gasteiger partial charge >= 0.3 is 6.09 Å². The van der Waals surface area contributed by atoms with Gasteiger partial charge in [-0.25, -0.2) is 4.79 Å². The zero-order chi connectivity index (χ0) is 11.1. The average molecular weight is 209 g/mol. The molecule has 0 spiro atoms. The highest BCUT2D eigenvalue weighted by atomic mass is 16.6. The highest BCUT2D eigenvalue weighted by molar-refractivity contribution is 5.73. The van der Waals surface area contributed by atoms with Gasteiger partial charge in [0.1, 0.15) is 17.8 Å². The molecule has 0 bridgehead atoms. The second-order valence-electron chi connectivity index (χ2n) is 2.61. The van der Waals surface area contributed by atoms with Crippen molar-refractivity contribution in [3.8, 4) is 11.5 Å². The summed E-state index contributed by atoms with van der Waals surface area (Å²) in [5, 5.41) is 2.25. The topological polar surface area (TPSA) is 64.6 Å². The third kappa shape index (κ3) is 3.68. The van der Waals surface area contributed by atoms with Crippen molar-refractivity contribution in [3.63, 3.8) is 0 Å². The van der Waals surface area contributed by atoms with E-state index in [-0.39, 0.29) is 6.54 Å². The molecule has 80 valence electrons. The van der Waals surface area contributed by atoms with Gasteiger partial charge in [0.15, 0.2) is 0 Å². The third-order valence-corrected chi connectivity index (χ3v) is 1.60. The summed E-state index contributed by atoms with van der Waals surface area (Å²) in [5.41, 5.74) is 0. The van der Waals surface area contributed by atoms with E-state index >= 15 is 0 Å². The van der Waals surface area contributed by atoms with Crippen LogP contribution in [-0.2, 0) is 4.79 Å². The van der Waals surface area contributed by atoms with Crippen LogP contribution >= 0.6 is 0 Å². The van der Waals surface area contributed by atoms with Crippen LogP contribution in [0.15, 0.2) is 24.3 Å². The number of carbonyl (C=O) groups is 2. The monoisotopic (exact) mass is 209 g/mol. The Kier molecular flexibility index (Phi) is 4.15. The molecular formula is C10H11NO4. The van der Waals surface area contributed by atoms with Gasteiger partial charge in [0, 0.05) is 0 Å². The van der Waals surface area contributed by atoms with Crippen LogP contribution in [0.2, 0.25) is 0 Å². The Morgan fingerprint density at radius 1 is 1.33 bits per heavy atom. The standard InChI is InChI=1S/C10H11NO4/c1-14-8-2-4-9(5-3-8)15-10(13)11-6-7-12/h2-5,7H,6H2,1H3,(H,11,13). The van der Waals surface area contributed by atoms with Crippen molar-refractivity contribution in [2.45, 2.75) is 0 Å². The lowest BCUT2D eigenvalue weighted by molar-refractivity contribution is -0.107. The highest BCUT2D eigenvalue weighted by Crippen LogP contribution is 2.16. The number of nitrogens with one attached hydrogen (secondary N) is 1. The number of ether oxygens (including phenoxy) is 2. The smallest absolute Gasteiger partial charge is 0.412 e. The summed E-state index contributed by atoms with van der Waals surface area (Å²) in [7, 11) is 1.55. The van der Waals surface area contributed by atoms with Gasteiger partial charge in [-0.3, -0.25) is 0 Å². The molecule has 1 amide bonds. The second kappa shape index (κ2) is 5.64. The van der Waals surface area contributed by atoms with Crippen LogP contribution in [0.1, 0.15) is 0 Å². The summed E-state index contributed by atoms with van der Waals surface area (Å²) in [6.45, 7) is -0.0605. The Balaban J connectivity index is 2.49. The SMILES string of the molecule is COc1ccc(OC(=O)NCC=O)cc1. The predicted octanol–water partition coefficient (Wildman–Crippen LogP) is 0.982. The molecule has 5 heteroatoms. The second-order valence-corrected chi connectivity index (χ2v) is 2.61. The number of hydrogen-bond donors (Lipinski definition) is 1. The number of carbonyl (C=O) groups excluding carboxylic acids is 2. The van der Waals surface area contributed by atoms with Crippen molar-refractivity contribution in [1.82, 2.24) is 5.32 Å².